The Balaban J connectivity index is 1.65. The number of hydrogen-bond donors (Lipinski definition) is 1. The summed E-state index contributed by atoms with van der Waals surface area (Å²) in [5.74, 6) is 0.714. The number of piperazine rings is 1. The van der Waals surface area contributed by atoms with Crippen LogP contribution in [0.4, 0.5) is 0 Å². The number of hydrogen-bond acceptors (Lipinski definition) is 3. The minimum Gasteiger partial charge on any atom is -0.355 e. The van der Waals surface area contributed by atoms with Crippen molar-refractivity contribution >= 4 is 5.91 Å². The van der Waals surface area contributed by atoms with Crippen molar-refractivity contribution in [2.45, 2.75) is 33.1 Å². The van der Waals surface area contributed by atoms with Crippen molar-refractivity contribution in [2.75, 3.05) is 45.8 Å². The number of benzene rings is 1. The lowest BCUT2D eigenvalue weighted by Gasteiger charge is -2.33. The van der Waals surface area contributed by atoms with E-state index in [0.717, 1.165) is 45.7 Å². The molecule has 0 atom stereocenters. The topological polar surface area (TPSA) is 35.6 Å². The van der Waals surface area contributed by atoms with Gasteiger partial charge < -0.3 is 10.2 Å². The molecule has 1 fully saturated rings. The molecule has 1 heterocycles. The van der Waals surface area contributed by atoms with Crippen LogP contribution in [0.15, 0.2) is 24.3 Å². The van der Waals surface area contributed by atoms with Crippen LogP contribution < -0.4 is 5.32 Å². The highest BCUT2D eigenvalue weighted by Gasteiger charge is 2.17. The first-order chi connectivity index (χ1) is 11.1. The molecule has 4 heteroatoms. The smallest absolute Gasteiger partial charge is 0.234 e. The SMILES string of the molecule is CCN1CCN(CC(=O)NCCc2ccc(C(C)C)cc2)CC1. The molecule has 1 aliphatic heterocycles. The predicted molar refractivity (Wildman–Crippen MR) is 95.8 cm³/mol. The highest BCUT2D eigenvalue weighted by atomic mass is 16.2. The van der Waals surface area contributed by atoms with E-state index in [1.54, 1.807) is 0 Å². The van der Waals surface area contributed by atoms with Crippen molar-refractivity contribution in [2.24, 2.45) is 0 Å². The van der Waals surface area contributed by atoms with Gasteiger partial charge in [-0.15, -0.1) is 0 Å². The first-order valence-corrected chi connectivity index (χ1v) is 8.88. The lowest BCUT2D eigenvalue weighted by atomic mass is 10.0. The molecule has 0 aliphatic carbocycles. The Hall–Kier alpha value is -1.39. The monoisotopic (exact) mass is 317 g/mol. The first kappa shape index (κ1) is 18.0. The molecule has 128 valence electrons. The van der Waals surface area contributed by atoms with Crippen LogP contribution in [-0.2, 0) is 11.2 Å². The molecule has 1 amide bonds. The van der Waals surface area contributed by atoms with Gasteiger partial charge in [-0.2, -0.15) is 0 Å². The number of amides is 1. The minimum atomic E-state index is 0.147. The molecular formula is C19H31N3O. The summed E-state index contributed by atoms with van der Waals surface area (Å²) < 4.78 is 0. The third kappa shape index (κ3) is 5.96. The van der Waals surface area contributed by atoms with Crippen molar-refractivity contribution in [3.05, 3.63) is 35.4 Å². The number of carbonyl (C=O) groups is 1. The summed E-state index contributed by atoms with van der Waals surface area (Å²) in [6.45, 7) is 13.1. The van der Waals surface area contributed by atoms with Gasteiger partial charge in [0.15, 0.2) is 0 Å². The molecule has 0 aromatic heterocycles. The van der Waals surface area contributed by atoms with Gasteiger partial charge in [-0.1, -0.05) is 45.0 Å². The molecule has 0 saturated carbocycles. The number of rotatable bonds is 7. The van der Waals surface area contributed by atoms with E-state index in [1.165, 1.54) is 11.1 Å². The van der Waals surface area contributed by atoms with E-state index in [1.807, 2.05) is 0 Å². The standard InChI is InChI=1S/C19H31N3O/c1-4-21-11-13-22(14-12-21)15-19(23)20-10-9-17-5-7-18(8-6-17)16(2)3/h5-8,16H,4,9-15H2,1-3H3,(H,20,23). The molecule has 23 heavy (non-hydrogen) atoms. The zero-order valence-electron chi connectivity index (χ0n) is 14.8. The third-order valence-electron chi connectivity index (χ3n) is 4.66. The van der Waals surface area contributed by atoms with Crippen molar-refractivity contribution in [1.82, 2.24) is 15.1 Å². The second kappa shape index (κ2) is 9.04. The molecule has 1 aromatic carbocycles. The lowest BCUT2D eigenvalue weighted by Crippen LogP contribution is -2.49. The van der Waals surface area contributed by atoms with E-state index < -0.39 is 0 Å². The summed E-state index contributed by atoms with van der Waals surface area (Å²) in [5.41, 5.74) is 2.65. The normalized spacial score (nSPS) is 16.7. The molecule has 0 unspecified atom stereocenters. The predicted octanol–water partition coefficient (Wildman–Crippen LogP) is 2.11. The fourth-order valence-corrected chi connectivity index (χ4v) is 2.94. The average molecular weight is 317 g/mol. The van der Waals surface area contributed by atoms with Gasteiger partial charge in [-0.25, -0.2) is 0 Å². The van der Waals surface area contributed by atoms with Crippen LogP contribution in [0.5, 0.6) is 0 Å². The lowest BCUT2D eigenvalue weighted by molar-refractivity contribution is -0.122. The van der Waals surface area contributed by atoms with Crippen LogP contribution in [-0.4, -0.2) is 61.5 Å². The summed E-state index contributed by atoms with van der Waals surface area (Å²) in [4.78, 5) is 16.7. The number of nitrogens with one attached hydrogen (secondary N) is 1. The van der Waals surface area contributed by atoms with Gasteiger partial charge in [-0.3, -0.25) is 9.69 Å². The van der Waals surface area contributed by atoms with Crippen LogP contribution in [0.1, 0.15) is 37.8 Å². The van der Waals surface area contributed by atoms with Crippen LogP contribution in [0.25, 0.3) is 0 Å². The summed E-state index contributed by atoms with van der Waals surface area (Å²) in [6.07, 6.45) is 0.897. The fourth-order valence-electron chi connectivity index (χ4n) is 2.94. The Bertz CT molecular complexity index is 476. The number of nitrogens with zero attached hydrogens (tertiary/aromatic N) is 2. The molecule has 1 saturated heterocycles. The molecule has 0 spiro atoms. The maximum Gasteiger partial charge on any atom is 0.234 e. The van der Waals surface area contributed by atoms with E-state index in [2.05, 4.69) is 60.2 Å². The van der Waals surface area contributed by atoms with Crippen LogP contribution >= 0.6 is 0 Å². The van der Waals surface area contributed by atoms with Gasteiger partial charge in [0, 0.05) is 32.7 Å². The molecule has 0 bridgehead atoms. The van der Waals surface area contributed by atoms with Crippen molar-refractivity contribution in [3.8, 4) is 0 Å². The molecule has 1 aliphatic rings. The van der Waals surface area contributed by atoms with Crippen LogP contribution in [0, 0.1) is 0 Å². The van der Waals surface area contributed by atoms with Gasteiger partial charge in [0.05, 0.1) is 6.54 Å². The van der Waals surface area contributed by atoms with Crippen molar-refractivity contribution < 1.29 is 4.79 Å². The second-order valence-corrected chi connectivity index (χ2v) is 6.71. The van der Waals surface area contributed by atoms with E-state index in [-0.39, 0.29) is 5.91 Å². The Morgan fingerprint density at radius 3 is 2.26 bits per heavy atom. The quantitative estimate of drug-likeness (QED) is 0.836. The molecule has 1 N–H and O–H groups in total. The summed E-state index contributed by atoms with van der Waals surface area (Å²) >= 11 is 0. The molecular weight excluding hydrogens is 286 g/mol. The Morgan fingerprint density at radius 2 is 1.70 bits per heavy atom. The number of carbonyl (C=O) groups excluding carboxylic acids is 1. The van der Waals surface area contributed by atoms with Gasteiger partial charge in [-0.05, 0) is 30.0 Å². The molecule has 0 radical (unpaired) electrons. The van der Waals surface area contributed by atoms with E-state index in [4.69, 9.17) is 0 Å². The highest BCUT2D eigenvalue weighted by Crippen LogP contribution is 2.14. The summed E-state index contributed by atoms with van der Waals surface area (Å²) in [5, 5.41) is 3.05. The van der Waals surface area contributed by atoms with Gasteiger partial charge in [0.1, 0.15) is 0 Å². The minimum absolute atomic E-state index is 0.147. The van der Waals surface area contributed by atoms with Gasteiger partial charge in [0.25, 0.3) is 0 Å². The van der Waals surface area contributed by atoms with Gasteiger partial charge >= 0.3 is 0 Å². The average Bonchev–Trinajstić information content (AvgIpc) is 2.56. The highest BCUT2D eigenvalue weighted by molar-refractivity contribution is 5.78. The van der Waals surface area contributed by atoms with E-state index >= 15 is 0 Å². The second-order valence-electron chi connectivity index (χ2n) is 6.71. The molecule has 2 rings (SSSR count). The summed E-state index contributed by atoms with van der Waals surface area (Å²) in [6, 6.07) is 8.72. The molecule has 4 nitrogen and oxygen atoms in total. The fraction of sp³-hybridized carbons (Fsp3) is 0.632. The van der Waals surface area contributed by atoms with E-state index in [9.17, 15) is 4.79 Å². The third-order valence-corrected chi connectivity index (χ3v) is 4.66. The van der Waals surface area contributed by atoms with Crippen LogP contribution in [0.3, 0.4) is 0 Å². The summed E-state index contributed by atoms with van der Waals surface area (Å²) in [7, 11) is 0. The molecule has 1 aromatic rings. The zero-order chi connectivity index (χ0) is 16.7. The maximum absolute atomic E-state index is 12.0. The van der Waals surface area contributed by atoms with Crippen molar-refractivity contribution in [3.63, 3.8) is 0 Å². The van der Waals surface area contributed by atoms with Crippen LogP contribution in [0.2, 0.25) is 0 Å². The Morgan fingerprint density at radius 1 is 1.09 bits per heavy atom. The first-order valence-electron chi connectivity index (χ1n) is 8.88. The van der Waals surface area contributed by atoms with Gasteiger partial charge in [0.2, 0.25) is 5.91 Å². The largest absolute Gasteiger partial charge is 0.355 e. The maximum atomic E-state index is 12.0. The van der Waals surface area contributed by atoms with Crippen molar-refractivity contribution in [1.29, 1.82) is 0 Å². The Labute approximate surface area is 140 Å². The van der Waals surface area contributed by atoms with E-state index in [0.29, 0.717) is 12.5 Å². The zero-order valence-corrected chi connectivity index (χ0v) is 14.8. The number of likely N-dealkylation sites (N-methyl/N-ethyl adjacent to an activating group) is 1. The Kier molecular flexibility index (Phi) is 7.06.